The van der Waals surface area contributed by atoms with E-state index in [2.05, 4.69) is 22.5 Å². The van der Waals surface area contributed by atoms with Gasteiger partial charge in [-0.05, 0) is 60.7 Å². The fraction of sp³-hybridized carbons (Fsp3) is 0.385. The van der Waals surface area contributed by atoms with Crippen molar-refractivity contribution in [2.75, 3.05) is 26.9 Å². The Balaban J connectivity index is 1.58. The third-order valence-corrected chi connectivity index (χ3v) is 6.41. The zero-order chi connectivity index (χ0) is 23.4. The van der Waals surface area contributed by atoms with Crippen molar-refractivity contribution in [1.29, 1.82) is 0 Å². The highest BCUT2D eigenvalue weighted by molar-refractivity contribution is 5.95. The number of hydrogen-bond donors (Lipinski definition) is 1. The van der Waals surface area contributed by atoms with E-state index in [0.29, 0.717) is 25.3 Å². The molecule has 1 aromatic heterocycles. The molecule has 1 aliphatic rings. The van der Waals surface area contributed by atoms with Gasteiger partial charge < -0.3 is 14.8 Å². The molecule has 7 heteroatoms. The van der Waals surface area contributed by atoms with Crippen LogP contribution in [0.2, 0.25) is 0 Å². The molecule has 0 bridgehead atoms. The van der Waals surface area contributed by atoms with Crippen LogP contribution >= 0.6 is 0 Å². The Morgan fingerprint density at radius 2 is 1.82 bits per heavy atom. The number of nitrogens with one attached hydrogen (secondary N) is 1. The molecule has 0 spiro atoms. The van der Waals surface area contributed by atoms with Crippen LogP contribution < -0.4 is 10.1 Å². The maximum atomic E-state index is 13.4. The Labute approximate surface area is 193 Å². The normalized spacial score (nSPS) is 15.4. The summed E-state index contributed by atoms with van der Waals surface area (Å²) in [4.78, 5) is 13.3. The average Bonchev–Trinajstić information content (AvgIpc) is 3.29. The molecule has 0 radical (unpaired) electrons. The van der Waals surface area contributed by atoms with Crippen molar-refractivity contribution in [1.82, 2.24) is 15.1 Å². The van der Waals surface area contributed by atoms with Gasteiger partial charge >= 0.3 is 0 Å². The SMILES string of the molecule is COc1ccc(C2(CNC(=O)c3cnn(-c4ccc(F)cc4)c3C(C)C)CCOCC2)cc1. The summed E-state index contributed by atoms with van der Waals surface area (Å²) in [6.45, 7) is 5.85. The summed E-state index contributed by atoms with van der Waals surface area (Å²) in [7, 11) is 1.65. The lowest BCUT2D eigenvalue weighted by molar-refractivity contribution is 0.0487. The summed E-state index contributed by atoms with van der Waals surface area (Å²) < 4.78 is 26.0. The topological polar surface area (TPSA) is 65.4 Å². The number of benzene rings is 2. The maximum absolute atomic E-state index is 13.4. The fourth-order valence-corrected chi connectivity index (χ4v) is 4.50. The predicted molar refractivity (Wildman–Crippen MR) is 125 cm³/mol. The molecule has 1 fully saturated rings. The first-order chi connectivity index (χ1) is 15.9. The molecule has 0 unspecified atom stereocenters. The largest absolute Gasteiger partial charge is 0.497 e. The molecular weight excluding hydrogens is 421 g/mol. The standard InChI is InChI=1S/C26H30FN3O3/c1-18(2)24-23(16-29-30(24)21-8-6-20(27)7-9-21)25(31)28-17-26(12-14-33-15-13-26)19-4-10-22(32-3)11-5-19/h4-11,16,18H,12-15,17H2,1-3H3,(H,28,31). The number of aromatic nitrogens is 2. The lowest BCUT2D eigenvalue weighted by Crippen LogP contribution is -2.44. The van der Waals surface area contributed by atoms with E-state index in [0.717, 1.165) is 35.5 Å². The van der Waals surface area contributed by atoms with E-state index in [9.17, 15) is 9.18 Å². The Bertz CT molecular complexity index is 1080. The Morgan fingerprint density at radius 3 is 2.42 bits per heavy atom. The second-order valence-corrected chi connectivity index (χ2v) is 8.79. The van der Waals surface area contributed by atoms with Crippen LogP contribution in [0, 0.1) is 5.82 Å². The van der Waals surface area contributed by atoms with Gasteiger partial charge in [0.1, 0.15) is 11.6 Å². The minimum absolute atomic E-state index is 0.0527. The summed E-state index contributed by atoms with van der Waals surface area (Å²) in [6, 6.07) is 14.2. The Kier molecular flexibility index (Phi) is 6.79. The summed E-state index contributed by atoms with van der Waals surface area (Å²) >= 11 is 0. The van der Waals surface area contributed by atoms with Crippen molar-refractivity contribution < 1.29 is 18.7 Å². The third kappa shape index (κ3) is 4.78. The Hall–Kier alpha value is -3.19. The molecule has 1 N–H and O–H groups in total. The van der Waals surface area contributed by atoms with Gasteiger partial charge in [0.15, 0.2) is 0 Å². The van der Waals surface area contributed by atoms with E-state index < -0.39 is 0 Å². The molecule has 1 aliphatic heterocycles. The van der Waals surface area contributed by atoms with Gasteiger partial charge in [0.2, 0.25) is 0 Å². The fourth-order valence-electron chi connectivity index (χ4n) is 4.50. The number of rotatable bonds is 7. The van der Waals surface area contributed by atoms with Gasteiger partial charge in [-0.15, -0.1) is 0 Å². The van der Waals surface area contributed by atoms with E-state index in [4.69, 9.17) is 9.47 Å². The molecule has 4 rings (SSSR count). The number of amides is 1. The molecule has 0 atom stereocenters. The first-order valence-corrected chi connectivity index (χ1v) is 11.3. The first-order valence-electron chi connectivity index (χ1n) is 11.3. The molecule has 33 heavy (non-hydrogen) atoms. The maximum Gasteiger partial charge on any atom is 0.254 e. The molecule has 0 aliphatic carbocycles. The van der Waals surface area contributed by atoms with E-state index in [-0.39, 0.29) is 23.1 Å². The van der Waals surface area contributed by atoms with Crippen molar-refractivity contribution in [3.63, 3.8) is 0 Å². The number of ether oxygens (including phenoxy) is 2. The molecule has 6 nitrogen and oxygen atoms in total. The van der Waals surface area contributed by atoms with E-state index in [1.165, 1.54) is 12.1 Å². The van der Waals surface area contributed by atoms with Crippen molar-refractivity contribution in [3.05, 3.63) is 77.4 Å². The smallest absolute Gasteiger partial charge is 0.254 e. The summed E-state index contributed by atoms with van der Waals surface area (Å²) in [6.07, 6.45) is 3.25. The molecule has 2 aromatic carbocycles. The highest BCUT2D eigenvalue weighted by Crippen LogP contribution is 2.35. The number of carbonyl (C=O) groups excluding carboxylic acids is 1. The first kappa shape index (κ1) is 23.0. The number of hydrogen-bond acceptors (Lipinski definition) is 4. The van der Waals surface area contributed by atoms with E-state index >= 15 is 0 Å². The zero-order valence-corrected chi connectivity index (χ0v) is 19.3. The average molecular weight is 452 g/mol. The van der Waals surface area contributed by atoms with Gasteiger partial charge in [0, 0.05) is 25.2 Å². The predicted octanol–water partition coefficient (Wildman–Crippen LogP) is 4.62. The van der Waals surface area contributed by atoms with Crippen LogP contribution in [-0.2, 0) is 10.2 Å². The molecule has 0 saturated carbocycles. The number of carbonyl (C=O) groups is 1. The van der Waals surface area contributed by atoms with Gasteiger partial charge in [-0.1, -0.05) is 26.0 Å². The van der Waals surface area contributed by atoms with Crippen LogP contribution in [0.4, 0.5) is 4.39 Å². The molecule has 174 valence electrons. The van der Waals surface area contributed by atoms with Crippen LogP contribution in [0.3, 0.4) is 0 Å². The van der Waals surface area contributed by atoms with E-state index in [1.807, 2.05) is 26.0 Å². The van der Waals surface area contributed by atoms with Crippen LogP contribution in [0.15, 0.2) is 54.7 Å². The van der Waals surface area contributed by atoms with Crippen LogP contribution in [-0.4, -0.2) is 42.6 Å². The second-order valence-electron chi connectivity index (χ2n) is 8.79. The van der Waals surface area contributed by atoms with Crippen LogP contribution in [0.1, 0.15) is 54.2 Å². The second kappa shape index (κ2) is 9.75. The third-order valence-electron chi connectivity index (χ3n) is 6.41. The number of methoxy groups -OCH3 is 1. The van der Waals surface area contributed by atoms with Gasteiger partial charge in [0.05, 0.1) is 30.3 Å². The molecule has 1 amide bonds. The summed E-state index contributed by atoms with van der Waals surface area (Å²) in [5.74, 6) is 0.387. The number of halogens is 1. The van der Waals surface area contributed by atoms with Gasteiger partial charge in [-0.3, -0.25) is 4.79 Å². The Morgan fingerprint density at radius 1 is 1.15 bits per heavy atom. The van der Waals surface area contributed by atoms with Gasteiger partial charge in [-0.2, -0.15) is 5.10 Å². The highest BCUT2D eigenvalue weighted by atomic mass is 19.1. The van der Waals surface area contributed by atoms with E-state index in [1.54, 1.807) is 30.1 Å². The minimum Gasteiger partial charge on any atom is -0.497 e. The lowest BCUT2D eigenvalue weighted by atomic mass is 9.74. The molecule has 1 saturated heterocycles. The highest BCUT2D eigenvalue weighted by Gasteiger charge is 2.35. The summed E-state index contributed by atoms with van der Waals surface area (Å²) in [5, 5.41) is 7.61. The quantitative estimate of drug-likeness (QED) is 0.569. The lowest BCUT2D eigenvalue weighted by Gasteiger charge is -2.38. The molecular formula is C26H30FN3O3. The zero-order valence-electron chi connectivity index (χ0n) is 19.3. The van der Waals surface area contributed by atoms with Crippen molar-refractivity contribution >= 4 is 5.91 Å². The van der Waals surface area contributed by atoms with Gasteiger partial charge in [0.25, 0.3) is 5.91 Å². The van der Waals surface area contributed by atoms with Gasteiger partial charge in [-0.25, -0.2) is 9.07 Å². The summed E-state index contributed by atoms with van der Waals surface area (Å²) in [5.41, 5.74) is 3.01. The molecule has 2 heterocycles. The van der Waals surface area contributed by atoms with Crippen molar-refractivity contribution in [3.8, 4) is 11.4 Å². The van der Waals surface area contributed by atoms with Crippen LogP contribution in [0.25, 0.3) is 5.69 Å². The minimum atomic E-state index is -0.310. The molecule has 3 aromatic rings. The monoisotopic (exact) mass is 451 g/mol. The van der Waals surface area contributed by atoms with Crippen molar-refractivity contribution in [2.24, 2.45) is 0 Å². The number of nitrogens with zero attached hydrogens (tertiary/aromatic N) is 2. The van der Waals surface area contributed by atoms with Crippen LogP contribution in [0.5, 0.6) is 5.75 Å². The van der Waals surface area contributed by atoms with Crippen molar-refractivity contribution in [2.45, 2.75) is 38.0 Å².